The Hall–Kier alpha value is -1.91. The molecule has 2 unspecified atom stereocenters. The minimum atomic E-state index is -0.887. The highest BCUT2D eigenvalue weighted by Crippen LogP contribution is 2.38. The Kier molecular flexibility index (Phi) is 2.85. The number of amides is 1. The summed E-state index contributed by atoms with van der Waals surface area (Å²) in [6.45, 7) is 0.398. The van der Waals surface area contributed by atoms with E-state index in [9.17, 15) is 9.59 Å². The predicted octanol–water partition coefficient (Wildman–Crippen LogP) is 0.418. The fourth-order valence-corrected chi connectivity index (χ4v) is 1.58. The van der Waals surface area contributed by atoms with E-state index in [0.29, 0.717) is 13.0 Å². The molecule has 0 aromatic carbocycles. The summed E-state index contributed by atoms with van der Waals surface area (Å²) < 4.78 is 0. The summed E-state index contributed by atoms with van der Waals surface area (Å²) >= 11 is 0. The van der Waals surface area contributed by atoms with E-state index in [0.717, 1.165) is 5.56 Å². The first-order valence-electron chi connectivity index (χ1n) is 5.08. The van der Waals surface area contributed by atoms with E-state index in [4.69, 9.17) is 5.11 Å². The molecule has 1 fully saturated rings. The maximum absolute atomic E-state index is 11.5. The summed E-state index contributed by atoms with van der Waals surface area (Å²) in [7, 11) is 0. The number of pyridine rings is 1. The molecule has 5 nitrogen and oxygen atoms in total. The first-order chi connectivity index (χ1) is 7.68. The van der Waals surface area contributed by atoms with Crippen LogP contribution in [0.5, 0.6) is 0 Å². The minimum absolute atomic E-state index is 0.184. The van der Waals surface area contributed by atoms with Gasteiger partial charge in [0, 0.05) is 18.9 Å². The summed E-state index contributed by atoms with van der Waals surface area (Å²) in [5, 5.41) is 11.4. The van der Waals surface area contributed by atoms with Crippen LogP contribution >= 0.6 is 0 Å². The Bertz CT molecular complexity index is 405. The van der Waals surface area contributed by atoms with Crippen LogP contribution in [0, 0.1) is 11.8 Å². The summed E-state index contributed by atoms with van der Waals surface area (Å²) in [5.74, 6) is -1.92. The van der Waals surface area contributed by atoms with Crippen molar-refractivity contribution in [2.75, 3.05) is 0 Å². The van der Waals surface area contributed by atoms with Crippen molar-refractivity contribution in [3.63, 3.8) is 0 Å². The van der Waals surface area contributed by atoms with Gasteiger partial charge in [0.05, 0.1) is 11.8 Å². The highest BCUT2D eigenvalue weighted by molar-refractivity contribution is 5.89. The highest BCUT2D eigenvalue weighted by Gasteiger charge is 2.48. The van der Waals surface area contributed by atoms with Crippen molar-refractivity contribution in [3.05, 3.63) is 30.1 Å². The molecule has 0 saturated heterocycles. The summed E-state index contributed by atoms with van der Waals surface area (Å²) in [5.41, 5.74) is 0.906. The predicted molar refractivity (Wildman–Crippen MR) is 55.3 cm³/mol. The van der Waals surface area contributed by atoms with Gasteiger partial charge in [0.2, 0.25) is 5.91 Å². The second kappa shape index (κ2) is 4.30. The molecular weight excluding hydrogens is 208 g/mol. The lowest BCUT2D eigenvalue weighted by molar-refractivity contribution is -0.140. The second-order valence-corrected chi connectivity index (χ2v) is 3.87. The zero-order chi connectivity index (χ0) is 11.5. The fourth-order valence-electron chi connectivity index (χ4n) is 1.58. The molecule has 0 bridgehead atoms. The number of aromatic nitrogens is 1. The number of hydrogen-bond donors (Lipinski definition) is 2. The third-order valence-corrected chi connectivity index (χ3v) is 2.63. The van der Waals surface area contributed by atoms with Crippen LogP contribution in [0.4, 0.5) is 0 Å². The topological polar surface area (TPSA) is 79.3 Å². The molecule has 2 atom stereocenters. The molecule has 1 aliphatic carbocycles. The zero-order valence-corrected chi connectivity index (χ0v) is 8.59. The van der Waals surface area contributed by atoms with Gasteiger partial charge < -0.3 is 10.4 Å². The molecule has 0 radical (unpaired) electrons. The van der Waals surface area contributed by atoms with E-state index in [1.807, 2.05) is 6.07 Å². The van der Waals surface area contributed by atoms with Gasteiger partial charge in [-0.2, -0.15) is 0 Å². The Labute approximate surface area is 92.5 Å². The first-order valence-corrected chi connectivity index (χ1v) is 5.08. The molecule has 2 N–H and O–H groups in total. The van der Waals surface area contributed by atoms with E-state index < -0.39 is 11.9 Å². The lowest BCUT2D eigenvalue weighted by Gasteiger charge is -2.03. The molecule has 1 saturated carbocycles. The number of carboxylic acid groups (broad SMARTS) is 1. The average Bonchev–Trinajstić information content (AvgIpc) is 3.07. The molecule has 1 aromatic heterocycles. The Morgan fingerprint density at radius 3 is 2.88 bits per heavy atom. The van der Waals surface area contributed by atoms with Crippen molar-refractivity contribution < 1.29 is 14.7 Å². The van der Waals surface area contributed by atoms with E-state index in [2.05, 4.69) is 10.3 Å². The van der Waals surface area contributed by atoms with Crippen molar-refractivity contribution in [3.8, 4) is 0 Å². The number of rotatable bonds is 4. The molecule has 5 heteroatoms. The number of carbonyl (C=O) groups is 2. The fraction of sp³-hybridized carbons (Fsp3) is 0.364. The summed E-state index contributed by atoms with van der Waals surface area (Å²) in [4.78, 5) is 26.0. The standard InChI is InChI=1S/C11H12N2O3/c14-10(8-4-9(8)11(15)16)13-6-7-2-1-3-12-5-7/h1-3,5,8-9H,4,6H2,(H,13,14)(H,15,16). The van der Waals surface area contributed by atoms with Gasteiger partial charge in [0.25, 0.3) is 0 Å². The molecular formula is C11H12N2O3. The number of hydrogen-bond acceptors (Lipinski definition) is 3. The molecule has 1 heterocycles. The van der Waals surface area contributed by atoms with Crippen LogP contribution in [0.1, 0.15) is 12.0 Å². The number of aliphatic carboxylic acids is 1. The van der Waals surface area contributed by atoms with Crippen LogP contribution in [0.15, 0.2) is 24.5 Å². The van der Waals surface area contributed by atoms with Crippen LogP contribution < -0.4 is 5.32 Å². The normalized spacial score (nSPS) is 22.5. The van der Waals surface area contributed by atoms with Gasteiger partial charge >= 0.3 is 5.97 Å². The quantitative estimate of drug-likeness (QED) is 0.770. The van der Waals surface area contributed by atoms with Gasteiger partial charge in [-0.3, -0.25) is 14.6 Å². The molecule has 1 aliphatic rings. The molecule has 1 aromatic rings. The number of carboxylic acids is 1. The van der Waals surface area contributed by atoms with E-state index >= 15 is 0 Å². The van der Waals surface area contributed by atoms with E-state index in [1.165, 1.54) is 0 Å². The Balaban J connectivity index is 1.80. The highest BCUT2D eigenvalue weighted by atomic mass is 16.4. The molecule has 2 rings (SSSR count). The summed E-state index contributed by atoms with van der Waals surface area (Å²) in [6, 6.07) is 3.65. The van der Waals surface area contributed by atoms with Crippen LogP contribution in [0.3, 0.4) is 0 Å². The molecule has 84 valence electrons. The molecule has 0 aliphatic heterocycles. The van der Waals surface area contributed by atoms with Gasteiger partial charge in [0.15, 0.2) is 0 Å². The number of nitrogens with one attached hydrogen (secondary N) is 1. The van der Waals surface area contributed by atoms with Crippen molar-refractivity contribution in [2.24, 2.45) is 11.8 Å². The maximum Gasteiger partial charge on any atom is 0.307 e. The lowest BCUT2D eigenvalue weighted by Crippen LogP contribution is -2.25. The van der Waals surface area contributed by atoms with Gasteiger partial charge in [-0.05, 0) is 18.1 Å². The summed E-state index contributed by atoms with van der Waals surface area (Å²) in [6.07, 6.45) is 3.78. The zero-order valence-electron chi connectivity index (χ0n) is 8.59. The van der Waals surface area contributed by atoms with Gasteiger partial charge in [-0.25, -0.2) is 0 Å². The minimum Gasteiger partial charge on any atom is -0.481 e. The largest absolute Gasteiger partial charge is 0.481 e. The Morgan fingerprint density at radius 1 is 1.50 bits per heavy atom. The van der Waals surface area contributed by atoms with Crippen molar-refractivity contribution >= 4 is 11.9 Å². The average molecular weight is 220 g/mol. The van der Waals surface area contributed by atoms with Crippen molar-refractivity contribution in [2.45, 2.75) is 13.0 Å². The van der Waals surface area contributed by atoms with Crippen LogP contribution in [-0.2, 0) is 16.1 Å². The van der Waals surface area contributed by atoms with Crippen LogP contribution in [0.25, 0.3) is 0 Å². The van der Waals surface area contributed by atoms with Gasteiger partial charge in [0.1, 0.15) is 0 Å². The second-order valence-electron chi connectivity index (χ2n) is 3.87. The van der Waals surface area contributed by atoms with Crippen molar-refractivity contribution in [1.82, 2.24) is 10.3 Å². The van der Waals surface area contributed by atoms with E-state index in [1.54, 1.807) is 18.5 Å². The van der Waals surface area contributed by atoms with E-state index in [-0.39, 0.29) is 11.8 Å². The molecule has 16 heavy (non-hydrogen) atoms. The first kappa shape index (κ1) is 10.6. The van der Waals surface area contributed by atoms with Crippen LogP contribution in [-0.4, -0.2) is 22.0 Å². The lowest BCUT2D eigenvalue weighted by atomic mass is 10.2. The van der Waals surface area contributed by atoms with Gasteiger partial charge in [-0.15, -0.1) is 0 Å². The molecule has 0 spiro atoms. The Morgan fingerprint density at radius 2 is 2.31 bits per heavy atom. The van der Waals surface area contributed by atoms with Crippen molar-refractivity contribution in [1.29, 1.82) is 0 Å². The number of nitrogens with zero attached hydrogens (tertiary/aromatic N) is 1. The monoisotopic (exact) mass is 220 g/mol. The SMILES string of the molecule is O=C(O)C1CC1C(=O)NCc1cccnc1. The number of carbonyl (C=O) groups excluding carboxylic acids is 1. The third kappa shape index (κ3) is 2.36. The van der Waals surface area contributed by atoms with Gasteiger partial charge in [-0.1, -0.05) is 6.07 Å². The smallest absolute Gasteiger partial charge is 0.307 e. The maximum atomic E-state index is 11.5. The molecule has 1 amide bonds. The third-order valence-electron chi connectivity index (χ3n) is 2.63. The van der Waals surface area contributed by atoms with Crippen LogP contribution in [0.2, 0.25) is 0 Å².